The lowest BCUT2D eigenvalue weighted by Crippen LogP contribution is -2.12. The molecule has 90 valence electrons. The Morgan fingerprint density at radius 3 is 2.56 bits per heavy atom. The molecule has 1 aromatic rings. The molecule has 1 unspecified atom stereocenters. The van der Waals surface area contributed by atoms with Crippen molar-refractivity contribution in [3.05, 3.63) is 28.8 Å². The van der Waals surface area contributed by atoms with Gasteiger partial charge in [0.15, 0.2) is 0 Å². The molecule has 0 aliphatic heterocycles. The van der Waals surface area contributed by atoms with Crippen molar-refractivity contribution in [2.75, 3.05) is 19.1 Å². The van der Waals surface area contributed by atoms with Crippen LogP contribution in [0, 0.1) is 0 Å². The second kappa shape index (κ2) is 5.03. The number of aliphatic hydroxyl groups excluding tert-OH is 1. The highest BCUT2D eigenvalue weighted by Gasteiger charge is 2.15. The fourth-order valence-corrected chi connectivity index (χ4v) is 2.31. The van der Waals surface area contributed by atoms with Crippen LogP contribution in [0.25, 0.3) is 0 Å². The van der Waals surface area contributed by atoms with E-state index in [1.807, 2.05) is 0 Å². The Hall–Kier alpha value is -0.780. The van der Waals surface area contributed by atoms with Crippen molar-refractivity contribution in [3.63, 3.8) is 0 Å². The molecule has 1 N–H and O–H groups in total. The summed E-state index contributed by atoms with van der Waals surface area (Å²) in [4.78, 5) is 0. The molecule has 1 rings (SSSR count). The second-order valence-electron chi connectivity index (χ2n) is 3.50. The molecule has 0 aliphatic rings. The summed E-state index contributed by atoms with van der Waals surface area (Å²) in [5.41, 5.74) is 0.455. The molecule has 0 heterocycles. The van der Waals surface area contributed by atoms with Gasteiger partial charge in [-0.2, -0.15) is 0 Å². The minimum atomic E-state index is -3.22. The van der Waals surface area contributed by atoms with Crippen LogP contribution < -0.4 is 4.74 Å². The standard InChI is InChI=1S/C10H13ClO4S/c1-15-10-4-3-7(5-8(10)11)9(12)6-16(2,13)14/h3-5,9,12H,6H2,1-2H3. The number of ether oxygens (including phenoxy) is 1. The molecule has 16 heavy (non-hydrogen) atoms. The van der Waals surface area contributed by atoms with E-state index in [4.69, 9.17) is 16.3 Å². The maximum absolute atomic E-state index is 11.0. The fourth-order valence-electron chi connectivity index (χ4n) is 1.27. The number of rotatable bonds is 4. The van der Waals surface area contributed by atoms with Gasteiger partial charge >= 0.3 is 0 Å². The summed E-state index contributed by atoms with van der Waals surface area (Å²) in [6.45, 7) is 0. The average molecular weight is 265 g/mol. The van der Waals surface area contributed by atoms with Crippen molar-refractivity contribution >= 4 is 21.4 Å². The van der Waals surface area contributed by atoms with Gasteiger partial charge < -0.3 is 9.84 Å². The van der Waals surface area contributed by atoms with Gasteiger partial charge in [-0.05, 0) is 17.7 Å². The van der Waals surface area contributed by atoms with Gasteiger partial charge in [-0.15, -0.1) is 0 Å². The summed E-state index contributed by atoms with van der Waals surface area (Å²) in [5.74, 6) is 0.160. The topological polar surface area (TPSA) is 63.6 Å². The van der Waals surface area contributed by atoms with Gasteiger partial charge in [-0.1, -0.05) is 17.7 Å². The Balaban J connectivity index is 2.93. The zero-order valence-corrected chi connectivity index (χ0v) is 10.5. The molecule has 0 fully saturated rings. The number of aliphatic hydroxyl groups is 1. The number of hydrogen-bond acceptors (Lipinski definition) is 4. The number of methoxy groups -OCH3 is 1. The van der Waals surface area contributed by atoms with Crippen molar-refractivity contribution in [2.24, 2.45) is 0 Å². The Kier molecular flexibility index (Phi) is 4.18. The lowest BCUT2D eigenvalue weighted by Gasteiger charge is -2.11. The van der Waals surface area contributed by atoms with Crippen LogP contribution in [0.1, 0.15) is 11.7 Å². The summed E-state index contributed by atoms with van der Waals surface area (Å²) in [6.07, 6.45) is -0.000136. The Bertz CT molecular complexity index is 470. The number of sulfone groups is 1. The minimum Gasteiger partial charge on any atom is -0.495 e. The molecule has 0 aliphatic carbocycles. The third-order valence-corrected chi connectivity index (χ3v) is 3.24. The lowest BCUT2D eigenvalue weighted by atomic mass is 10.1. The number of hydrogen-bond donors (Lipinski definition) is 1. The summed E-state index contributed by atoms with van der Waals surface area (Å²) in [7, 11) is -1.74. The zero-order valence-electron chi connectivity index (χ0n) is 8.97. The normalized spacial score (nSPS) is 13.5. The first kappa shape index (κ1) is 13.3. The third kappa shape index (κ3) is 3.66. The van der Waals surface area contributed by atoms with Crippen molar-refractivity contribution in [1.82, 2.24) is 0 Å². The molecule has 0 saturated heterocycles. The third-order valence-electron chi connectivity index (χ3n) is 2.02. The quantitative estimate of drug-likeness (QED) is 0.894. The lowest BCUT2D eigenvalue weighted by molar-refractivity contribution is 0.202. The molecular formula is C10H13ClO4S. The first-order valence-electron chi connectivity index (χ1n) is 4.52. The van der Waals surface area contributed by atoms with E-state index < -0.39 is 15.9 Å². The van der Waals surface area contributed by atoms with E-state index in [1.165, 1.54) is 13.2 Å². The van der Waals surface area contributed by atoms with Crippen LogP contribution in [0.3, 0.4) is 0 Å². The van der Waals surface area contributed by atoms with Crippen molar-refractivity contribution in [2.45, 2.75) is 6.10 Å². The monoisotopic (exact) mass is 264 g/mol. The molecule has 1 aromatic carbocycles. The largest absolute Gasteiger partial charge is 0.495 e. The van der Waals surface area contributed by atoms with E-state index in [1.54, 1.807) is 12.1 Å². The van der Waals surface area contributed by atoms with E-state index in [2.05, 4.69) is 0 Å². The summed E-state index contributed by atoms with van der Waals surface area (Å²) in [5, 5.41) is 10.0. The Labute approximate surface area is 99.7 Å². The summed E-state index contributed by atoms with van der Waals surface area (Å²) in [6, 6.07) is 4.67. The number of halogens is 1. The second-order valence-corrected chi connectivity index (χ2v) is 6.09. The first-order valence-corrected chi connectivity index (χ1v) is 6.96. The summed E-state index contributed by atoms with van der Waals surface area (Å²) >= 11 is 5.86. The summed E-state index contributed by atoms with van der Waals surface area (Å²) < 4.78 is 27.0. The highest BCUT2D eigenvalue weighted by Crippen LogP contribution is 2.27. The van der Waals surface area contributed by atoms with Crippen LogP contribution in [-0.2, 0) is 9.84 Å². The highest BCUT2D eigenvalue weighted by atomic mass is 35.5. The van der Waals surface area contributed by atoms with Crippen LogP contribution in [0.4, 0.5) is 0 Å². The Morgan fingerprint density at radius 2 is 2.12 bits per heavy atom. The van der Waals surface area contributed by atoms with Crippen LogP contribution in [-0.4, -0.2) is 32.6 Å². The van der Waals surface area contributed by atoms with Crippen LogP contribution >= 0.6 is 11.6 Å². The smallest absolute Gasteiger partial charge is 0.150 e. The van der Waals surface area contributed by atoms with E-state index in [0.29, 0.717) is 16.3 Å². The molecule has 0 bridgehead atoms. The fraction of sp³-hybridized carbons (Fsp3) is 0.400. The average Bonchev–Trinajstić information content (AvgIpc) is 2.15. The van der Waals surface area contributed by atoms with E-state index in [0.717, 1.165) is 6.26 Å². The van der Waals surface area contributed by atoms with Gasteiger partial charge in [0.1, 0.15) is 15.6 Å². The zero-order chi connectivity index (χ0) is 12.3. The van der Waals surface area contributed by atoms with Gasteiger partial charge in [0.25, 0.3) is 0 Å². The highest BCUT2D eigenvalue weighted by molar-refractivity contribution is 7.90. The van der Waals surface area contributed by atoms with Gasteiger partial charge in [0.05, 0.1) is 24.0 Å². The van der Waals surface area contributed by atoms with E-state index in [9.17, 15) is 13.5 Å². The first-order chi connectivity index (χ1) is 7.33. The molecule has 0 spiro atoms. The predicted molar refractivity (Wildman–Crippen MR) is 62.7 cm³/mol. The Morgan fingerprint density at radius 1 is 1.50 bits per heavy atom. The van der Waals surface area contributed by atoms with Gasteiger partial charge in [-0.3, -0.25) is 0 Å². The maximum atomic E-state index is 11.0. The van der Waals surface area contributed by atoms with Gasteiger partial charge in [0, 0.05) is 6.26 Å². The van der Waals surface area contributed by atoms with E-state index >= 15 is 0 Å². The van der Waals surface area contributed by atoms with Crippen molar-refractivity contribution < 1.29 is 18.3 Å². The minimum absolute atomic E-state index is 0.324. The van der Waals surface area contributed by atoms with Gasteiger partial charge in [-0.25, -0.2) is 8.42 Å². The molecule has 1 atom stereocenters. The molecule has 0 radical (unpaired) electrons. The molecular weight excluding hydrogens is 252 g/mol. The van der Waals surface area contributed by atoms with E-state index in [-0.39, 0.29) is 5.75 Å². The SMILES string of the molecule is COc1ccc(C(O)CS(C)(=O)=O)cc1Cl. The molecule has 0 aromatic heterocycles. The molecule has 4 nitrogen and oxygen atoms in total. The van der Waals surface area contributed by atoms with Crippen LogP contribution in [0.2, 0.25) is 5.02 Å². The number of benzene rings is 1. The van der Waals surface area contributed by atoms with Crippen LogP contribution in [0.5, 0.6) is 5.75 Å². The van der Waals surface area contributed by atoms with Crippen LogP contribution in [0.15, 0.2) is 18.2 Å². The molecule has 0 amide bonds. The van der Waals surface area contributed by atoms with Crippen molar-refractivity contribution in [1.29, 1.82) is 0 Å². The predicted octanol–water partition coefficient (Wildman–Crippen LogP) is 1.43. The van der Waals surface area contributed by atoms with Gasteiger partial charge in [0.2, 0.25) is 0 Å². The maximum Gasteiger partial charge on any atom is 0.150 e. The molecule has 0 saturated carbocycles. The van der Waals surface area contributed by atoms with Crippen molar-refractivity contribution in [3.8, 4) is 5.75 Å². The molecule has 6 heteroatoms.